The number of benzene rings is 2. The second kappa shape index (κ2) is 18.6. The molecule has 1 atom stereocenters. The SMILES string of the molecule is C[C@H](CO[Si](c1ccccc1)(c1ccccc1)C(C)(C)C)NC(=O)CCCC#CCC#CCC#CCC#CCCO. The van der Waals surface area contributed by atoms with Gasteiger partial charge in [-0.1, -0.05) is 123 Å². The van der Waals surface area contributed by atoms with E-state index >= 15 is 0 Å². The summed E-state index contributed by atoms with van der Waals surface area (Å²) in [5, 5.41) is 14.1. The molecule has 0 heterocycles. The molecule has 2 aromatic rings. The lowest BCUT2D eigenvalue weighted by Crippen LogP contribution is -2.67. The number of hydrogen-bond acceptors (Lipinski definition) is 3. The Kier molecular flexibility index (Phi) is 15.2. The van der Waals surface area contributed by atoms with E-state index in [9.17, 15) is 4.79 Å². The van der Waals surface area contributed by atoms with Crippen molar-refractivity contribution in [3.63, 3.8) is 0 Å². The maximum atomic E-state index is 12.6. The van der Waals surface area contributed by atoms with E-state index in [-0.39, 0.29) is 23.6 Å². The number of unbranched alkanes of at least 4 members (excludes halogenated alkanes) is 1. The summed E-state index contributed by atoms with van der Waals surface area (Å²) in [5.41, 5.74) is 0. The summed E-state index contributed by atoms with van der Waals surface area (Å²) >= 11 is 0. The lowest BCUT2D eigenvalue weighted by atomic mass is 10.2. The van der Waals surface area contributed by atoms with E-state index in [1.807, 2.05) is 19.1 Å². The molecule has 0 saturated heterocycles. The minimum Gasteiger partial charge on any atom is -0.405 e. The average Bonchev–Trinajstić information content (AvgIpc) is 2.96. The molecule has 1 amide bonds. The van der Waals surface area contributed by atoms with Crippen molar-refractivity contribution in [1.29, 1.82) is 0 Å². The Bertz CT molecular complexity index is 1280. The van der Waals surface area contributed by atoms with Gasteiger partial charge in [-0.25, -0.2) is 0 Å². The number of rotatable bonds is 10. The number of hydrogen-bond donors (Lipinski definition) is 2. The van der Waals surface area contributed by atoms with Crippen LogP contribution in [0.5, 0.6) is 0 Å². The fourth-order valence-corrected chi connectivity index (χ4v) is 9.13. The molecule has 2 N–H and O–H groups in total. The fourth-order valence-electron chi connectivity index (χ4n) is 4.48. The zero-order chi connectivity index (χ0) is 29.8. The summed E-state index contributed by atoms with van der Waals surface area (Å²) in [6, 6.07) is 21.0. The van der Waals surface area contributed by atoms with Crippen molar-refractivity contribution in [2.75, 3.05) is 13.2 Å². The topological polar surface area (TPSA) is 58.6 Å². The van der Waals surface area contributed by atoms with E-state index in [2.05, 4.69) is 122 Å². The quantitative estimate of drug-likeness (QED) is 0.247. The average molecular weight is 566 g/mol. The van der Waals surface area contributed by atoms with Crippen molar-refractivity contribution >= 4 is 24.6 Å². The molecular weight excluding hydrogens is 522 g/mol. The van der Waals surface area contributed by atoms with Crippen LogP contribution < -0.4 is 15.7 Å². The van der Waals surface area contributed by atoms with Crippen molar-refractivity contribution in [3.8, 4) is 47.4 Å². The van der Waals surface area contributed by atoms with Crippen LogP contribution in [0.4, 0.5) is 0 Å². The van der Waals surface area contributed by atoms with E-state index in [4.69, 9.17) is 9.53 Å². The first-order valence-corrected chi connectivity index (χ1v) is 16.2. The van der Waals surface area contributed by atoms with E-state index in [1.54, 1.807) is 0 Å². The predicted molar refractivity (Wildman–Crippen MR) is 172 cm³/mol. The molecule has 2 rings (SSSR count). The Morgan fingerprint density at radius 1 is 0.805 bits per heavy atom. The molecule has 0 unspecified atom stereocenters. The molecule has 0 aromatic heterocycles. The van der Waals surface area contributed by atoms with Crippen molar-refractivity contribution in [2.45, 2.75) is 83.7 Å². The number of nitrogens with one attached hydrogen (secondary N) is 1. The van der Waals surface area contributed by atoms with Gasteiger partial charge in [0.25, 0.3) is 8.32 Å². The maximum Gasteiger partial charge on any atom is 0.261 e. The van der Waals surface area contributed by atoms with Crippen LogP contribution in [0.3, 0.4) is 0 Å². The van der Waals surface area contributed by atoms with Gasteiger partial charge in [-0.05, 0) is 28.8 Å². The van der Waals surface area contributed by atoms with Crippen molar-refractivity contribution in [1.82, 2.24) is 5.32 Å². The van der Waals surface area contributed by atoms with Gasteiger partial charge in [0.15, 0.2) is 0 Å². The Morgan fingerprint density at radius 3 is 1.73 bits per heavy atom. The van der Waals surface area contributed by atoms with Gasteiger partial charge in [-0.2, -0.15) is 0 Å². The van der Waals surface area contributed by atoms with Crippen LogP contribution in [0.1, 0.15) is 72.6 Å². The first kappa shape index (κ1) is 33.5. The van der Waals surface area contributed by atoms with Crippen LogP contribution in [0, 0.1) is 47.4 Å². The first-order chi connectivity index (χ1) is 19.8. The lowest BCUT2D eigenvalue weighted by molar-refractivity contribution is -0.122. The molecule has 0 aliphatic rings. The maximum absolute atomic E-state index is 12.6. The molecule has 5 heteroatoms. The van der Waals surface area contributed by atoms with Gasteiger partial charge in [0.05, 0.1) is 32.5 Å². The molecule has 214 valence electrons. The van der Waals surface area contributed by atoms with Crippen LogP contribution in [0.25, 0.3) is 0 Å². The molecule has 0 aliphatic carbocycles. The van der Waals surface area contributed by atoms with Gasteiger partial charge >= 0.3 is 0 Å². The fraction of sp³-hybridized carbons (Fsp3) is 0.417. The zero-order valence-corrected chi connectivity index (χ0v) is 26.0. The van der Waals surface area contributed by atoms with E-state index in [1.165, 1.54) is 10.4 Å². The molecule has 0 aliphatic heterocycles. The van der Waals surface area contributed by atoms with Crippen LogP contribution in [0.2, 0.25) is 5.04 Å². The van der Waals surface area contributed by atoms with E-state index in [0.717, 1.165) is 0 Å². The molecule has 4 nitrogen and oxygen atoms in total. The van der Waals surface area contributed by atoms with Crippen molar-refractivity contribution < 1.29 is 14.3 Å². The number of amides is 1. The number of aliphatic hydroxyl groups is 1. The monoisotopic (exact) mass is 565 g/mol. The first-order valence-electron chi connectivity index (χ1n) is 14.3. The third-order valence-electron chi connectivity index (χ3n) is 6.35. The second-order valence-corrected chi connectivity index (χ2v) is 15.0. The summed E-state index contributed by atoms with van der Waals surface area (Å²) in [6.45, 7) is 9.29. The minimum absolute atomic E-state index is 0.0183. The van der Waals surface area contributed by atoms with E-state index < -0.39 is 8.32 Å². The summed E-state index contributed by atoms with van der Waals surface area (Å²) in [6.07, 6.45) is 3.79. The van der Waals surface area contributed by atoms with Gasteiger partial charge in [-0.3, -0.25) is 4.79 Å². The summed E-state index contributed by atoms with van der Waals surface area (Å²) in [7, 11) is -2.63. The summed E-state index contributed by atoms with van der Waals surface area (Å²) in [5.74, 6) is 23.7. The Labute approximate surface area is 248 Å². The Hall–Kier alpha value is -3.71. The van der Waals surface area contributed by atoms with Gasteiger partial charge in [0.1, 0.15) is 0 Å². The summed E-state index contributed by atoms with van der Waals surface area (Å²) in [4.78, 5) is 12.6. The van der Waals surface area contributed by atoms with Crippen LogP contribution in [-0.2, 0) is 9.22 Å². The Morgan fingerprint density at radius 2 is 1.27 bits per heavy atom. The summed E-state index contributed by atoms with van der Waals surface area (Å²) < 4.78 is 6.93. The van der Waals surface area contributed by atoms with Gasteiger partial charge < -0.3 is 14.8 Å². The van der Waals surface area contributed by atoms with Gasteiger partial charge in [0, 0.05) is 25.3 Å². The normalized spacial score (nSPS) is 11.2. The highest BCUT2D eigenvalue weighted by Crippen LogP contribution is 2.36. The lowest BCUT2D eigenvalue weighted by Gasteiger charge is -2.43. The molecule has 0 fully saturated rings. The Balaban J connectivity index is 1.81. The smallest absolute Gasteiger partial charge is 0.261 e. The third kappa shape index (κ3) is 11.7. The number of carbonyl (C=O) groups excluding carboxylic acids is 1. The van der Waals surface area contributed by atoms with Crippen molar-refractivity contribution in [3.05, 3.63) is 60.7 Å². The molecule has 0 bridgehead atoms. The standard InChI is InChI=1S/C36H43NO3Si/c1-32(37-35(39)29-23-15-13-11-9-7-5-6-8-10-12-14-16-24-30-38)31-40-41(36(2,3)4,33-25-19-17-20-26-33)34-27-21-18-22-28-34/h17-22,25-28,32,38H,6,9,12,15,23-24,29-31H2,1-4H3,(H,37,39)/t32-/m1/s1. The highest BCUT2D eigenvalue weighted by molar-refractivity contribution is 6.99. The largest absolute Gasteiger partial charge is 0.405 e. The second-order valence-electron chi connectivity index (χ2n) is 10.7. The molecule has 0 radical (unpaired) electrons. The highest BCUT2D eigenvalue weighted by atomic mass is 28.4. The van der Waals surface area contributed by atoms with Crippen LogP contribution in [-0.4, -0.2) is 38.6 Å². The van der Waals surface area contributed by atoms with Gasteiger partial charge in [0.2, 0.25) is 5.91 Å². The predicted octanol–water partition coefficient (Wildman–Crippen LogP) is 4.80. The third-order valence-corrected chi connectivity index (χ3v) is 11.4. The van der Waals surface area contributed by atoms with Crippen LogP contribution in [0.15, 0.2) is 60.7 Å². The van der Waals surface area contributed by atoms with Crippen LogP contribution >= 0.6 is 0 Å². The highest BCUT2D eigenvalue weighted by Gasteiger charge is 2.50. The molecule has 0 spiro atoms. The zero-order valence-electron chi connectivity index (χ0n) is 25.0. The number of carbonyl (C=O) groups is 1. The molecule has 41 heavy (non-hydrogen) atoms. The van der Waals surface area contributed by atoms with Gasteiger partial charge in [-0.15, -0.1) is 5.92 Å². The minimum atomic E-state index is -2.63. The number of aliphatic hydroxyl groups excluding tert-OH is 1. The van der Waals surface area contributed by atoms with Crippen molar-refractivity contribution in [2.24, 2.45) is 0 Å². The molecule has 0 saturated carbocycles. The molecule has 2 aromatic carbocycles. The molecular formula is C36H43NO3Si. The van der Waals surface area contributed by atoms with E-state index in [0.29, 0.717) is 51.6 Å².